The van der Waals surface area contributed by atoms with E-state index in [1.807, 2.05) is 12.1 Å². The SMILES string of the molecule is CC1CC(C(=O)Nc2c[nH]c3ccc(OCc4ccc(C(F)(F)F)cc4)cc23)C1. The number of H-pyrrole nitrogens is 1. The van der Waals surface area contributed by atoms with Crippen molar-refractivity contribution in [3.05, 3.63) is 59.8 Å². The Balaban J connectivity index is 1.44. The van der Waals surface area contributed by atoms with Gasteiger partial charge in [0.25, 0.3) is 0 Å². The van der Waals surface area contributed by atoms with Gasteiger partial charge in [-0.3, -0.25) is 4.79 Å². The fourth-order valence-electron chi connectivity index (χ4n) is 3.60. The molecule has 0 aliphatic heterocycles. The van der Waals surface area contributed by atoms with Crippen LogP contribution in [0.5, 0.6) is 5.75 Å². The zero-order valence-electron chi connectivity index (χ0n) is 15.8. The minimum absolute atomic E-state index is 0.0278. The summed E-state index contributed by atoms with van der Waals surface area (Å²) in [4.78, 5) is 15.5. The molecule has 0 radical (unpaired) electrons. The molecule has 2 aromatic carbocycles. The summed E-state index contributed by atoms with van der Waals surface area (Å²) in [6, 6.07) is 10.3. The number of aromatic nitrogens is 1. The second-order valence-electron chi connectivity index (χ2n) is 7.66. The summed E-state index contributed by atoms with van der Waals surface area (Å²) in [6.07, 6.45) is -0.771. The molecule has 0 spiro atoms. The van der Waals surface area contributed by atoms with Crippen molar-refractivity contribution in [2.24, 2.45) is 11.8 Å². The number of hydrogen-bond acceptors (Lipinski definition) is 2. The van der Waals surface area contributed by atoms with Crippen molar-refractivity contribution in [1.82, 2.24) is 4.98 Å². The van der Waals surface area contributed by atoms with Crippen molar-refractivity contribution in [3.63, 3.8) is 0 Å². The van der Waals surface area contributed by atoms with E-state index in [0.29, 0.717) is 22.9 Å². The van der Waals surface area contributed by atoms with Crippen molar-refractivity contribution in [3.8, 4) is 5.75 Å². The highest BCUT2D eigenvalue weighted by molar-refractivity contribution is 6.03. The Morgan fingerprint density at radius 2 is 1.90 bits per heavy atom. The van der Waals surface area contributed by atoms with Crippen LogP contribution >= 0.6 is 0 Å². The van der Waals surface area contributed by atoms with E-state index >= 15 is 0 Å². The summed E-state index contributed by atoms with van der Waals surface area (Å²) >= 11 is 0. The quantitative estimate of drug-likeness (QED) is 0.571. The molecule has 1 aliphatic rings. The molecule has 1 fully saturated rings. The van der Waals surface area contributed by atoms with Gasteiger partial charge in [0.2, 0.25) is 5.91 Å². The van der Waals surface area contributed by atoms with Gasteiger partial charge in [-0.05, 0) is 54.7 Å². The minimum Gasteiger partial charge on any atom is -0.489 e. The second-order valence-corrected chi connectivity index (χ2v) is 7.66. The third-order valence-electron chi connectivity index (χ3n) is 5.34. The van der Waals surface area contributed by atoms with Crippen LogP contribution in [0.15, 0.2) is 48.7 Å². The minimum atomic E-state index is -4.35. The summed E-state index contributed by atoms with van der Waals surface area (Å²) in [6.45, 7) is 2.28. The molecule has 1 saturated carbocycles. The smallest absolute Gasteiger partial charge is 0.416 e. The molecule has 29 heavy (non-hydrogen) atoms. The van der Waals surface area contributed by atoms with E-state index in [0.717, 1.165) is 35.9 Å². The number of carbonyl (C=O) groups excluding carboxylic acids is 1. The lowest BCUT2D eigenvalue weighted by atomic mass is 9.75. The lowest BCUT2D eigenvalue weighted by Crippen LogP contribution is -2.33. The number of anilines is 1. The van der Waals surface area contributed by atoms with Gasteiger partial charge < -0.3 is 15.0 Å². The predicted octanol–water partition coefficient (Wildman–Crippen LogP) is 5.75. The van der Waals surface area contributed by atoms with Gasteiger partial charge in [0.05, 0.1) is 11.3 Å². The van der Waals surface area contributed by atoms with Crippen molar-refractivity contribution in [2.45, 2.75) is 32.5 Å². The van der Waals surface area contributed by atoms with Crippen LogP contribution in [-0.4, -0.2) is 10.9 Å². The van der Waals surface area contributed by atoms with Crippen LogP contribution in [0.25, 0.3) is 10.9 Å². The number of aromatic amines is 1. The van der Waals surface area contributed by atoms with Crippen LogP contribution in [-0.2, 0) is 17.6 Å². The Morgan fingerprint density at radius 1 is 1.17 bits per heavy atom. The molecule has 1 heterocycles. The standard InChI is InChI=1S/C22H21F3N2O2/c1-13-8-15(9-13)21(28)27-20-11-26-19-7-6-17(10-18(19)20)29-12-14-2-4-16(5-3-14)22(23,24)25/h2-7,10-11,13,15,26H,8-9,12H2,1H3,(H,27,28). The molecule has 4 nitrogen and oxygen atoms in total. The van der Waals surface area contributed by atoms with Gasteiger partial charge in [0, 0.05) is 23.0 Å². The van der Waals surface area contributed by atoms with E-state index in [-0.39, 0.29) is 18.4 Å². The first-order chi connectivity index (χ1) is 13.8. The average molecular weight is 402 g/mol. The molecule has 0 atom stereocenters. The van der Waals surface area contributed by atoms with E-state index in [1.54, 1.807) is 12.3 Å². The molecule has 152 valence electrons. The molecular formula is C22H21F3N2O2. The number of benzene rings is 2. The number of nitrogens with one attached hydrogen (secondary N) is 2. The summed E-state index contributed by atoms with van der Waals surface area (Å²) in [5.74, 6) is 1.26. The number of carbonyl (C=O) groups is 1. The fourth-order valence-corrected chi connectivity index (χ4v) is 3.60. The largest absolute Gasteiger partial charge is 0.489 e. The number of amides is 1. The number of hydrogen-bond donors (Lipinski definition) is 2. The Hall–Kier alpha value is -2.96. The molecule has 7 heteroatoms. The van der Waals surface area contributed by atoms with Gasteiger partial charge in [-0.25, -0.2) is 0 Å². The second kappa shape index (κ2) is 7.46. The molecule has 0 saturated heterocycles. The lowest BCUT2D eigenvalue weighted by Gasteiger charge is -2.31. The zero-order chi connectivity index (χ0) is 20.6. The van der Waals surface area contributed by atoms with E-state index in [2.05, 4.69) is 17.2 Å². The number of rotatable bonds is 5. The van der Waals surface area contributed by atoms with Crippen molar-refractivity contribution in [2.75, 3.05) is 5.32 Å². The Bertz CT molecular complexity index is 1020. The van der Waals surface area contributed by atoms with Gasteiger partial charge in [-0.15, -0.1) is 0 Å². The van der Waals surface area contributed by atoms with Gasteiger partial charge in [0.15, 0.2) is 0 Å². The van der Waals surface area contributed by atoms with E-state index in [9.17, 15) is 18.0 Å². The molecule has 1 aliphatic carbocycles. The molecule has 1 amide bonds. The Kier molecular flexibility index (Phi) is 4.98. The van der Waals surface area contributed by atoms with Crippen LogP contribution in [0.3, 0.4) is 0 Å². The molecular weight excluding hydrogens is 381 g/mol. The monoisotopic (exact) mass is 402 g/mol. The maximum Gasteiger partial charge on any atom is 0.416 e. The lowest BCUT2D eigenvalue weighted by molar-refractivity contribution is -0.137. The van der Waals surface area contributed by atoms with Gasteiger partial charge in [0.1, 0.15) is 12.4 Å². The normalized spacial score (nSPS) is 19.0. The first-order valence-electron chi connectivity index (χ1n) is 9.50. The van der Waals surface area contributed by atoms with Crippen LogP contribution in [0.2, 0.25) is 0 Å². The van der Waals surface area contributed by atoms with Gasteiger partial charge in [-0.2, -0.15) is 13.2 Å². The maximum atomic E-state index is 12.6. The fraction of sp³-hybridized carbons (Fsp3) is 0.318. The summed E-state index contributed by atoms with van der Waals surface area (Å²) in [7, 11) is 0. The van der Waals surface area contributed by atoms with Gasteiger partial charge >= 0.3 is 6.18 Å². The topological polar surface area (TPSA) is 54.1 Å². The third-order valence-corrected chi connectivity index (χ3v) is 5.34. The van der Waals surface area contributed by atoms with Crippen LogP contribution < -0.4 is 10.1 Å². The summed E-state index contributed by atoms with van der Waals surface area (Å²) in [5.41, 5.74) is 1.52. The number of halogens is 3. The molecule has 1 aromatic heterocycles. The molecule has 3 aromatic rings. The van der Waals surface area contributed by atoms with Crippen LogP contribution in [0.4, 0.5) is 18.9 Å². The maximum absolute atomic E-state index is 12.6. The van der Waals surface area contributed by atoms with Crippen molar-refractivity contribution in [1.29, 1.82) is 0 Å². The van der Waals surface area contributed by atoms with Crippen molar-refractivity contribution < 1.29 is 22.7 Å². The third kappa shape index (κ3) is 4.23. The first kappa shape index (κ1) is 19.4. The zero-order valence-corrected chi connectivity index (χ0v) is 15.8. The van der Waals surface area contributed by atoms with E-state index in [4.69, 9.17) is 4.74 Å². The van der Waals surface area contributed by atoms with Gasteiger partial charge in [-0.1, -0.05) is 19.1 Å². The average Bonchev–Trinajstić information content (AvgIpc) is 3.05. The highest BCUT2D eigenvalue weighted by Gasteiger charge is 2.32. The van der Waals surface area contributed by atoms with Crippen molar-refractivity contribution >= 4 is 22.5 Å². The number of ether oxygens (including phenoxy) is 1. The number of alkyl halides is 3. The Labute approximate surface area is 166 Å². The summed E-state index contributed by atoms with van der Waals surface area (Å²) in [5, 5.41) is 3.81. The molecule has 0 unspecified atom stereocenters. The highest BCUT2D eigenvalue weighted by atomic mass is 19.4. The summed E-state index contributed by atoms with van der Waals surface area (Å²) < 4.78 is 43.7. The molecule has 2 N–H and O–H groups in total. The molecule has 4 rings (SSSR count). The number of fused-ring (bicyclic) bond motifs is 1. The Morgan fingerprint density at radius 3 is 2.55 bits per heavy atom. The van der Waals surface area contributed by atoms with Crippen LogP contribution in [0.1, 0.15) is 30.9 Å². The van der Waals surface area contributed by atoms with Crippen LogP contribution in [0, 0.1) is 11.8 Å². The predicted molar refractivity (Wildman–Crippen MR) is 105 cm³/mol. The molecule has 0 bridgehead atoms. The van der Waals surface area contributed by atoms with E-state index in [1.165, 1.54) is 12.1 Å². The highest BCUT2D eigenvalue weighted by Crippen LogP contribution is 2.35. The van der Waals surface area contributed by atoms with E-state index < -0.39 is 11.7 Å². The first-order valence-corrected chi connectivity index (χ1v) is 9.50.